The van der Waals surface area contributed by atoms with E-state index in [0.717, 1.165) is 25.9 Å². The van der Waals surface area contributed by atoms with Gasteiger partial charge in [-0.3, -0.25) is 0 Å². The molecular formula is C11H20N2O2S. The number of nitrogens with one attached hydrogen (secondary N) is 1. The number of piperidine rings is 1. The van der Waals surface area contributed by atoms with Gasteiger partial charge in [0.1, 0.15) is 0 Å². The largest absolute Gasteiger partial charge is 0.453 e. The average molecular weight is 244 g/mol. The molecule has 0 radical (unpaired) electrons. The summed E-state index contributed by atoms with van der Waals surface area (Å²) in [6.45, 7) is 1.65. The van der Waals surface area contributed by atoms with Crippen LogP contribution in [0.2, 0.25) is 0 Å². The second-order valence-corrected chi connectivity index (χ2v) is 5.61. The Labute approximate surface area is 101 Å². The molecule has 4 nitrogen and oxygen atoms in total. The highest BCUT2D eigenvalue weighted by molar-refractivity contribution is 7.99. The summed E-state index contributed by atoms with van der Waals surface area (Å²) in [6, 6.07) is 1.28. The van der Waals surface area contributed by atoms with E-state index in [1.54, 1.807) is 4.90 Å². The Morgan fingerprint density at radius 1 is 1.31 bits per heavy atom. The molecule has 5 heteroatoms. The lowest BCUT2D eigenvalue weighted by molar-refractivity contribution is 0.109. The Morgan fingerprint density at radius 2 is 2.06 bits per heavy atom. The van der Waals surface area contributed by atoms with Gasteiger partial charge in [-0.2, -0.15) is 11.8 Å². The van der Waals surface area contributed by atoms with Crippen LogP contribution in [0.5, 0.6) is 0 Å². The van der Waals surface area contributed by atoms with Gasteiger partial charge in [-0.1, -0.05) is 0 Å². The van der Waals surface area contributed by atoms with Crippen LogP contribution in [0.15, 0.2) is 0 Å². The molecule has 2 rings (SSSR count). The minimum absolute atomic E-state index is 0.185. The molecule has 0 spiro atoms. The lowest BCUT2D eigenvalue weighted by Crippen LogP contribution is -2.47. The molecule has 1 unspecified atom stereocenters. The van der Waals surface area contributed by atoms with E-state index in [0.29, 0.717) is 12.1 Å². The standard InChI is InChI=1S/C11H20N2O2S/c1-15-11(14)13-5-2-9(3-6-13)12-10-4-7-16-8-10/h9-10,12H,2-8H2,1H3. The second-order valence-electron chi connectivity index (χ2n) is 4.46. The van der Waals surface area contributed by atoms with Crippen molar-refractivity contribution in [2.45, 2.75) is 31.3 Å². The van der Waals surface area contributed by atoms with Gasteiger partial charge in [-0.15, -0.1) is 0 Å². The molecule has 0 saturated carbocycles. The van der Waals surface area contributed by atoms with E-state index in [9.17, 15) is 4.79 Å². The molecule has 0 aliphatic carbocycles. The summed E-state index contributed by atoms with van der Waals surface area (Å²) < 4.78 is 4.72. The van der Waals surface area contributed by atoms with Crippen molar-refractivity contribution >= 4 is 17.9 Å². The average Bonchev–Trinajstić information content (AvgIpc) is 2.82. The maximum absolute atomic E-state index is 11.3. The van der Waals surface area contributed by atoms with Crippen molar-refractivity contribution in [3.05, 3.63) is 0 Å². The van der Waals surface area contributed by atoms with Crippen molar-refractivity contribution in [1.29, 1.82) is 0 Å². The summed E-state index contributed by atoms with van der Waals surface area (Å²) in [6.07, 6.45) is 3.21. The molecule has 2 fully saturated rings. The normalized spacial score (nSPS) is 27.1. The van der Waals surface area contributed by atoms with E-state index in [4.69, 9.17) is 4.74 Å². The number of rotatable bonds is 2. The Hall–Kier alpha value is -0.420. The molecule has 2 aliphatic heterocycles. The van der Waals surface area contributed by atoms with Crippen molar-refractivity contribution < 1.29 is 9.53 Å². The fraction of sp³-hybridized carbons (Fsp3) is 0.909. The Bertz CT molecular complexity index is 236. The van der Waals surface area contributed by atoms with Crippen molar-refractivity contribution in [2.75, 3.05) is 31.7 Å². The third-order valence-corrected chi connectivity index (χ3v) is 4.49. The third kappa shape index (κ3) is 3.04. The molecule has 0 bridgehead atoms. The van der Waals surface area contributed by atoms with Crippen LogP contribution in [0.4, 0.5) is 4.79 Å². The van der Waals surface area contributed by atoms with Gasteiger partial charge in [-0.05, 0) is 25.0 Å². The number of thioether (sulfide) groups is 1. The molecule has 1 N–H and O–H groups in total. The van der Waals surface area contributed by atoms with Gasteiger partial charge >= 0.3 is 6.09 Å². The van der Waals surface area contributed by atoms with Crippen molar-refractivity contribution in [3.8, 4) is 0 Å². The summed E-state index contributed by atoms with van der Waals surface area (Å²) in [5.74, 6) is 2.54. The van der Waals surface area contributed by atoms with E-state index >= 15 is 0 Å². The number of hydrogen-bond acceptors (Lipinski definition) is 4. The Balaban J connectivity index is 1.70. The molecule has 2 heterocycles. The van der Waals surface area contributed by atoms with Gasteiger partial charge < -0.3 is 15.0 Å². The quantitative estimate of drug-likeness (QED) is 0.795. The van der Waals surface area contributed by atoms with E-state index in [1.165, 1.54) is 25.0 Å². The van der Waals surface area contributed by atoms with Gasteiger partial charge in [0, 0.05) is 30.9 Å². The first kappa shape index (κ1) is 12.0. The number of ether oxygens (including phenoxy) is 1. The van der Waals surface area contributed by atoms with E-state index < -0.39 is 0 Å². The van der Waals surface area contributed by atoms with Crippen LogP contribution in [0.1, 0.15) is 19.3 Å². The van der Waals surface area contributed by atoms with Gasteiger partial charge in [0.15, 0.2) is 0 Å². The number of methoxy groups -OCH3 is 1. The first-order valence-corrected chi connectivity index (χ1v) is 7.11. The highest BCUT2D eigenvalue weighted by Crippen LogP contribution is 2.20. The number of carbonyl (C=O) groups is 1. The monoisotopic (exact) mass is 244 g/mol. The molecule has 0 aromatic carbocycles. The number of likely N-dealkylation sites (tertiary alicyclic amines) is 1. The van der Waals surface area contributed by atoms with Crippen LogP contribution in [0.3, 0.4) is 0 Å². The zero-order valence-electron chi connectivity index (χ0n) is 9.78. The zero-order chi connectivity index (χ0) is 11.4. The third-order valence-electron chi connectivity index (χ3n) is 3.33. The van der Waals surface area contributed by atoms with Crippen molar-refractivity contribution in [3.63, 3.8) is 0 Å². The number of amides is 1. The van der Waals surface area contributed by atoms with Crippen LogP contribution in [-0.2, 0) is 4.74 Å². The smallest absolute Gasteiger partial charge is 0.409 e. The molecule has 2 saturated heterocycles. The second kappa shape index (κ2) is 5.77. The van der Waals surface area contributed by atoms with Gasteiger partial charge in [0.25, 0.3) is 0 Å². The molecule has 92 valence electrons. The van der Waals surface area contributed by atoms with E-state index in [2.05, 4.69) is 5.32 Å². The summed E-state index contributed by atoms with van der Waals surface area (Å²) in [5, 5.41) is 3.70. The number of nitrogens with zero attached hydrogens (tertiary/aromatic N) is 1. The van der Waals surface area contributed by atoms with Crippen LogP contribution in [0, 0.1) is 0 Å². The lowest BCUT2D eigenvalue weighted by Gasteiger charge is -2.32. The van der Waals surface area contributed by atoms with Crippen LogP contribution < -0.4 is 5.32 Å². The van der Waals surface area contributed by atoms with Crippen molar-refractivity contribution in [2.24, 2.45) is 0 Å². The first-order chi connectivity index (χ1) is 7.79. The fourth-order valence-corrected chi connectivity index (χ4v) is 3.52. The molecule has 1 atom stereocenters. The first-order valence-electron chi connectivity index (χ1n) is 5.96. The number of carbonyl (C=O) groups excluding carboxylic acids is 1. The molecule has 0 aromatic heterocycles. The predicted octanol–water partition coefficient (Wildman–Crippen LogP) is 1.31. The van der Waals surface area contributed by atoms with Gasteiger partial charge in [0.2, 0.25) is 0 Å². The van der Waals surface area contributed by atoms with E-state index in [1.807, 2.05) is 11.8 Å². The fourth-order valence-electron chi connectivity index (χ4n) is 2.36. The Morgan fingerprint density at radius 3 is 2.62 bits per heavy atom. The molecule has 16 heavy (non-hydrogen) atoms. The summed E-state index contributed by atoms with van der Waals surface area (Å²) in [5.41, 5.74) is 0. The summed E-state index contributed by atoms with van der Waals surface area (Å²) in [7, 11) is 1.45. The van der Waals surface area contributed by atoms with Crippen LogP contribution in [0.25, 0.3) is 0 Å². The maximum atomic E-state index is 11.3. The van der Waals surface area contributed by atoms with Crippen LogP contribution in [-0.4, -0.2) is 54.8 Å². The number of hydrogen-bond donors (Lipinski definition) is 1. The maximum Gasteiger partial charge on any atom is 0.409 e. The molecule has 1 amide bonds. The Kier molecular flexibility index (Phi) is 4.35. The van der Waals surface area contributed by atoms with Gasteiger partial charge in [0.05, 0.1) is 7.11 Å². The van der Waals surface area contributed by atoms with Crippen molar-refractivity contribution in [1.82, 2.24) is 10.2 Å². The van der Waals surface area contributed by atoms with Crippen LogP contribution >= 0.6 is 11.8 Å². The van der Waals surface area contributed by atoms with E-state index in [-0.39, 0.29) is 6.09 Å². The molecular weight excluding hydrogens is 224 g/mol. The molecule has 2 aliphatic rings. The summed E-state index contributed by atoms with van der Waals surface area (Å²) in [4.78, 5) is 13.1. The van der Waals surface area contributed by atoms with Gasteiger partial charge in [-0.25, -0.2) is 4.79 Å². The lowest BCUT2D eigenvalue weighted by atomic mass is 10.0. The topological polar surface area (TPSA) is 41.6 Å². The highest BCUT2D eigenvalue weighted by Gasteiger charge is 2.25. The minimum Gasteiger partial charge on any atom is -0.453 e. The SMILES string of the molecule is COC(=O)N1CCC(NC2CCSC2)CC1. The highest BCUT2D eigenvalue weighted by atomic mass is 32.2. The molecule has 0 aromatic rings. The summed E-state index contributed by atoms with van der Waals surface area (Å²) >= 11 is 2.03. The zero-order valence-corrected chi connectivity index (χ0v) is 10.6. The minimum atomic E-state index is -0.185. The predicted molar refractivity (Wildman–Crippen MR) is 65.9 cm³/mol.